The molecule has 156 valence electrons. The molecule has 0 atom stereocenters. The molecule has 6 heteroatoms. The van der Waals surface area contributed by atoms with Crippen molar-refractivity contribution in [3.8, 4) is 0 Å². The molecule has 0 spiro atoms. The van der Waals surface area contributed by atoms with E-state index in [1.165, 1.54) is 12.8 Å². The number of sulfonamides is 1. The molecular formula is C23H30N2O3S. The number of rotatable bonds is 6. The molecule has 0 unspecified atom stereocenters. The lowest BCUT2D eigenvalue weighted by Crippen LogP contribution is -2.32. The minimum atomic E-state index is -3.59. The Bertz CT molecular complexity index is 937. The summed E-state index contributed by atoms with van der Waals surface area (Å²) in [6.07, 6.45) is 4.43. The molecule has 0 saturated heterocycles. The Morgan fingerprint density at radius 2 is 1.55 bits per heavy atom. The minimum absolute atomic E-state index is 0.0263. The van der Waals surface area contributed by atoms with Crippen LogP contribution in [0, 0.1) is 0 Å². The van der Waals surface area contributed by atoms with Gasteiger partial charge in [-0.2, -0.15) is 0 Å². The van der Waals surface area contributed by atoms with Gasteiger partial charge in [-0.1, -0.05) is 57.9 Å². The molecule has 0 aliphatic heterocycles. The van der Waals surface area contributed by atoms with Gasteiger partial charge in [0.2, 0.25) is 10.0 Å². The first-order valence-electron chi connectivity index (χ1n) is 10.2. The third-order valence-electron chi connectivity index (χ3n) is 5.40. The molecule has 1 aliphatic rings. The van der Waals surface area contributed by atoms with Crippen molar-refractivity contribution >= 4 is 15.9 Å². The fourth-order valence-corrected chi connectivity index (χ4v) is 4.53. The van der Waals surface area contributed by atoms with E-state index in [1.807, 2.05) is 12.1 Å². The SMILES string of the molecule is CC(C)(C)c1ccc(S(=O)(=O)NCc2ccc(C(=O)NC3CCCC3)cc2)cc1. The van der Waals surface area contributed by atoms with Crippen LogP contribution < -0.4 is 10.0 Å². The van der Waals surface area contributed by atoms with E-state index in [1.54, 1.807) is 36.4 Å². The monoisotopic (exact) mass is 414 g/mol. The average Bonchev–Trinajstić information content (AvgIpc) is 3.19. The molecule has 1 fully saturated rings. The number of carbonyl (C=O) groups is 1. The Kier molecular flexibility index (Phi) is 6.44. The Balaban J connectivity index is 1.59. The highest BCUT2D eigenvalue weighted by atomic mass is 32.2. The standard InChI is InChI=1S/C23H30N2O3S/c1-23(2,3)19-12-14-21(15-13-19)29(27,28)24-16-17-8-10-18(11-9-17)22(26)25-20-6-4-5-7-20/h8-15,20,24H,4-7,16H2,1-3H3,(H,25,26). The molecule has 0 radical (unpaired) electrons. The Morgan fingerprint density at radius 3 is 2.10 bits per heavy atom. The van der Waals surface area contributed by atoms with Crippen LogP contribution in [0.1, 0.15) is 67.9 Å². The Labute approximate surface area is 174 Å². The summed E-state index contributed by atoms with van der Waals surface area (Å²) < 4.78 is 27.7. The first-order chi connectivity index (χ1) is 13.6. The molecule has 2 N–H and O–H groups in total. The molecule has 3 rings (SSSR count). The van der Waals surface area contributed by atoms with E-state index in [9.17, 15) is 13.2 Å². The molecule has 0 heterocycles. The van der Waals surface area contributed by atoms with E-state index in [0.717, 1.165) is 24.0 Å². The van der Waals surface area contributed by atoms with E-state index in [2.05, 4.69) is 30.8 Å². The third kappa shape index (κ3) is 5.67. The maximum absolute atomic E-state index is 12.6. The molecule has 0 aromatic heterocycles. The zero-order valence-corrected chi connectivity index (χ0v) is 18.2. The summed E-state index contributed by atoms with van der Waals surface area (Å²) in [6, 6.07) is 14.3. The Morgan fingerprint density at radius 1 is 0.966 bits per heavy atom. The maximum atomic E-state index is 12.6. The second-order valence-electron chi connectivity index (χ2n) is 8.75. The van der Waals surface area contributed by atoms with Gasteiger partial charge < -0.3 is 5.32 Å². The van der Waals surface area contributed by atoms with Gasteiger partial charge in [-0.15, -0.1) is 0 Å². The maximum Gasteiger partial charge on any atom is 0.251 e. The van der Waals surface area contributed by atoms with Gasteiger partial charge >= 0.3 is 0 Å². The summed E-state index contributed by atoms with van der Waals surface area (Å²) in [7, 11) is -3.59. The average molecular weight is 415 g/mol. The molecular weight excluding hydrogens is 384 g/mol. The van der Waals surface area contributed by atoms with Gasteiger partial charge in [-0.05, 0) is 53.6 Å². The zero-order valence-electron chi connectivity index (χ0n) is 17.4. The molecule has 29 heavy (non-hydrogen) atoms. The van der Waals surface area contributed by atoms with Gasteiger partial charge in [0.15, 0.2) is 0 Å². The van der Waals surface area contributed by atoms with Crippen molar-refractivity contribution in [1.82, 2.24) is 10.0 Å². The lowest BCUT2D eigenvalue weighted by Gasteiger charge is -2.19. The van der Waals surface area contributed by atoms with Crippen molar-refractivity contribution in [3.63, 3.8) is 0 Å². The van der Waals surface area contributed by atoms with Crippen molar-refractivity contribution in [2.24, 2.45) is 0 Å². The van der Waals surface area contributed by atoms with Crippen LogP contribution >= 0.6 is 0 Å². The van der Waals surface area contributed by atoms with Crippen molar-refractivity contribution in [1.29, 1.82) is 0 Å². The highest BCUT2D eigenvalue weighted by Crippen LogP contribution is 2.23. The smallest absolute Gasteiger partial charge is 0.251 e. The van der Waals surface area contributed by atoms with Crippen LogP contribution in [0.15, 0.2) is 53.4 Å². The number of hydrogen-bond acceptors (Lipinski definition) is 3. The van der Waals surface area contributed by atoms with Crippen LogP contribution in [0.4, 0.5) is 0 Å². The quantitative estimate of drug-likeness (QED) is 0.746. The molecule has 2 aromatic carbocycles. The fourth-order valence-electron chi connectivity index (χ4n) is 3.51. The van der Waals surface area contributed by atoms with E-state index < -0.39 is 10.0 Å². The second-order valence-corrected chi connectivity index (χ2v) is 10.5. The fraction of sp³-hybridized carbons (Fsp3) is 0.435. The summed E-state index contributed by atoms with van der Waals surface area (Å²) in [5.41, 5.74) is 2.46. The molecule has 1 saturated carbocycles. The van der Waals surface area contributed by atoms with E-state index in [-0.39, 0.29) is 28.8 Å². The topological polar surface area (TPSA) is 75.3 Å². The van der Waals surface area contributed by atoms with Gasteiger partial charge in [0.25, 0.3) is 5.91 Å². The van der Waals surface area contributed by atoms with Crippen LogP contribution in [0.3, 0.4) is 0 Å². The van der Waals surface area contributed by atoms with Crippen LogP contribution in [0.2, 0.25) is 0 Å². The molecule has 5 nitrogen and oxygen atoms in total. The number of benzene rings is 2. The van der Waals surface area contributed by atoms with Crippen LogP contribution in [0.25, 0.3) is 0 Å². The minimum Gasteiger partial charge on any atom is -0.349 e. The highest BCUT2D eigenvalue weighted by molar-refractivity contribution is 7.89. The van der Waals surface area contributed by atoms with E-state index >= 15 is 0 Å². The van der Waals surface area contributed by atoms with E-state index in [0.29, 0.717) is 5.56 Å². The van der Waals surface area contributed by atoms with Crippen LogP contribution in [-0.2, 0) is 22.0 Å². The highest BCUT2D eigenvalue weighted by Gasteiger charge is 2.19. The third-order valence-corrected chi connectivity index (χ3v) is 6.82. The predicted octanol–water partition coefficient (Wildman–Crippen LogP) is 4.14. The van der Waals surface area contributed by atoms with E-state index in [4.69, 9.17) is 0 Å². The van der Waals surface area contributed by atoms with Gasteiger partial charge in [-0.3, -0.25) is 4.79 Å². The molecule has 1 aliphatic carbocycles. The Hall–Kier alpha value is -2.18. The van der Waals surface area contributed by atoms with Crippen LogP contribution in [0.5, 0.6) is 0 Å². The lowest BCUT2D eigenvalue weighted by atomic mass is 9.87. The predicted molar refractivity (Wildman–Crippen MR) is 115 cm³/mol. The first-order valence-corrected chi connectivity index (χ1v) is 11.6. The van der Waals surface area contributed by atoms with Crippen molar-refractivity contribution in [2.45, 2.75) is 69.4 Å². The van der Waals surface area contributed by atoms with Crippen molar-refractivity contribution in [2.75, 3.05) is 0 Å². The first kappa shape index (κ1) is 21.5. The number of amides is 1. The largest absolute Gasteiger partial charge is 0.349 e. The summed E-state index contributed by atoms with van der Waals surface area (Å²) >= 11 is 0. The molecule has 0 bridgehead atoms. The normalized spacial score (nSPS) is 15.4. The number of carbonyl (C=O) groups excluding carboxylic acids is 1. The molecule has 2 aromatic rings. The lowest BCUT2D eigenvalue weighted by molar-refractivity contribution is 0.0938. The summed E-state index contributed by atoms with van der Waals surface area (Å²) in [5, 5.41) is 3.06. The van der Waals surface area contributed by atoms with Gasteiger partial charge in [0, 0.05) is 18.2 Å². The summed E-state index contributed by atoms with van der Waals surface area (Å²) in [5.74, 6) is -0.0667. The second kappa shape index (κ2) is 8.67. The van der Waals surface area contributed by atoms with Crippen molar-refractivity contribution in [3.05, 3.63) is 65.2 Å². The number of nitrogens with one attached hydrogen (secondary N) is 2. The van der Waals surface area contributed by atoms with Gasteiger partial charge in [0.1, 0.15) is 0 Å². The zero-order chi connectivity index (χ0) is 21.1. The van der Waals surface area contributed by atoms with Crippen LogP contribution in [-0.4, -0.2) is 20.4 Å². The summed E-state index contributed by atoms with van der Waals surface area (Å²) in [6.45, 7) is 6.44. The molecule has 1 amide bonds. The van der Waals surface area contributed by atoms with Crippen molar-refractivity contribution < 1.29 is 13.2 Å². The summed E-state index contributed by atoms with van der Waals surface area (Å²) in [4.78, 5) is 12.5. The van der Waals surface area contributed by atoms with Gasteiger partial charge in [0.05, 0.1) is 4.90 Å². The number of hydrogen-bond donors (Lipinski definition) is 2. The van der Waals surface area contributed by atoms with Gasteiger partial charge in [-0.25, -0.2) is 13.1 Å².